The van der Waals surface area contributed by atoms with Gasteiger partial charge >= 0.3 is 5.69 Å². The number of methoxy groups -OCH3 is 1. The molecule has 1 N–H and O–H groups in total. The van der Waals surface area contributed by atoms with Crippen molar-refractivity contribution in [3.05, 3.63) is 64.1 Å². The van der Waals surface area contributed by atoms with E-state index in [1.165, 1.54) is 6.92 Å². The quantitative estimate of drug-likeness (QED) is 0.659. The number of benzene rings is 2. The molecule has 1 saturated heterocycles. The lowest BCUT2D eigenvalue weighted by atomic mass is 10.0. The zero-order valence-electron chi connectivity index (χ0n) is 17.2. The number of hydrogen-bond donors (Lipinski definition) is 1. The van der Waals surface area contributed by atoms with E-state index >= 15 is 0 Å². The number of Topliss-reactive ketones (excluding diaryl/α,β-unsaturated/α-hetero) is 1. The second-order valence-electron chi connectivity index (χ2n) is 7.69. The largest absolute Gasteiger partial charge is 0.496 e. The van der Waals surface area contributed by atoms with Gasteiger partial charge in [-0.1, -0.05) is 12.1 Å². The molecule has 156 valence electrons. The van der Waals surface area contributed by atoms with Crippen LogP contribution >= 0.6 is 0 Å². The van der Waals surface area contributed by atoms with E-state index in [-0.39, 0.29) is 29.8 Å². The lowest BCUT2D eigenvalue weighted by Crippen LogP contribution is -2.41. The first kappa shape index (κ1) is 19.9. The summed E-state index contributed by atoms with van der Waals surface area (Å²) in [6, 6.07) is 12.9. The van der Waals surface area contributed by atoms with E-state index in [9.17, 15) is 14.4 Å². The summed E-state index contributed by atoms with van der Waals surface area (Å²) in [7, 11) is 1.56. The molecule has 0 saturated carbocycles. The highest BCUT2D eigenvalue weighted by Crippen LogP contribution is 2.26. The molecule has 7 nitrogen and oxygen atoms in total. The Balaban J connectivity index is 1.46. The molecule has 1 fully saturated rings. The predicted molar refractivity (Wildman–Crippen MR) is 114 cm³/mol. The van der Waals surface area contributed by atoms with Crippen molar-refractivity contribution in [2.75, 3.05) is 20.2 Å². The van der Waals surface area contributed by atoms with Gasteiger partial charge in [-0.15, -0.1) is 0 Å². The average molecular weight is 407 g/mol. The molecule has 2 aromatic carbocycles. The van der Waals surface area contributed by atoms with Gasteiger partial charge in [-0.3, -0.25) is 14.2 Å². The maximum Gasteiger partial charge on any atom is 0.326 e. The molecule has 30 heavy (non-hydrogen) atoms. The monoisotopic (exact) mass is 407 g/mol. The Kier molecular flexibility index (Phi) is 5.44. The molecule has 2 heterocycles. The summed E-state index contributed by atoms with van der Waals surface area (Å²) in [6.07, 6.45) is 1.62. The lowest BCUT2D eigenvalue weighted by molar-refractivity contribution is -0.131. The van der Waals surface area contributed by atoms with Crippen molar-refractivity contribution in [1.82, 2.24) is 14.5 Å². The number of hydrogen-bond acceptors (Lipinski definition) is 4. The van der Waals surface area contributed by atoms with Crippen molar-refractivity contribution in [1.29, 1.82) is 0 Å². The van der Waals surface area contributed by atoms with Crippen molar-refractivity contribution in [2.24, 2.45) is 0 Å². The van der Waals surface area contributed by atoms with Crippen molar-refractivity contribution in [3.63, 3.8) is 0 Å². The third-order valence-corrected chi connectivity index (χ3v) is 5.83. The summed E-state index contributed by atoms with van der Waals surface area (Å²) in [5.41, 5.74) is 2.91. The number of fused-ring (bicyclic) bond motifs is 1. The van der Waals surface area contributed by atoms with Gasteiger partial charge in [0.15, 0.2) is 5.78 Å². The zero-order valence-corrected chi connectivity index (χ0v) is 17.2. The van der Waals surface area contributed by atoms with E-state index in [4.69, 9.17) is 4.74 Å². The van der Waals surface area contributed by atoms with Gasteiger partial charge in [0, 0.05) is 30.3 Å². The normalized spacial score (nSPS) is 14.8. The van der Waals surface area contributed by atoms with Gasteiger partial charge in [-0.2, -0.15) is 0 Å². The number of carbonyl (C=O) groups is 2. The number of imidazole rings is 1. The van der Waals surface area contributed by atoms with Crippen LogP contribution in [0, 0.1) is 0 Å². The number of ketones is 1. The van der Waals surface area contributed by atoms with E-state index in [0.29, 0.717) is 30.0 Å². The van der Waals surface area contributed by atoms with E-state index in [0.717, 1.165) is 23.9 Å². The van der Waals surface area contributed by atoms with Crippen LogP contribution in [0.4, 0.5) is 0 Å². The van der Waals surface area contributed by atoms with Crippen LogP contribution in [0.25, 0.3) is 11.0 Å². The Morgan fingerprint density at radius 3 is 2.57 bits per heavy atom. The van der Waals surface area contributed by atoms with Crippen LogP contribution in [0.5, 0.6) is 5.75 Å². The third kappa shape index (κ3) is 3.75. The molecule has 7 heteroatoms. The van der Waals surface area contributed by atoms with Crippen LogP contribution in [0.3, 0.4) is 0 Å². The molecular formula is C23H25N3O4. The molecule has 1 aliphatic rings. The second kappa shape index (κ2) is 8.18. The summed E-state index contributed by atoms with van der Waals surface area (Å²) in [5, 5.41) is 0. The number of aromatic nitrogens is 2. The van der Waals surface area contributed by atoms with Crippen LogP contribution in [0.1, 0.15) is 41.7 Å². The maximum absolute atomic E-state index is 12.9. The Labute approximate surface area is 174 Å². The van der Waals surface area contributed by atoms with E-state index in [2.05, 4.69) is 4.98 Å². The smallest absolute Gasteiger partial charge is 0.326 e. The number of carbonyl (C=O) groups excluding carboxylic acids is 2. The molecule has 4 rings (SSSR count). The fraction of sp³-hybridized carbons (Fsp3) is 0.348. The molecule has 0 unspecified atom stereocenters. The first-order valence-electron chi connectivity index (χ1n) is 10.1. The molecule has 0 aliphatic carbocycles. The van der Waals surface area contributed by atoms with Crippen LogP contribution < -0.4 is 10.4 Å². The van der Waals surface area contributed by atoms with Crippen molar-refractivity contribution >= 4 is 22.7 Å². The molecule has 1 aliphatic heterocycles. The van der Waals surface area contributed by atoms with Gasteiger partial charge in [0.25, 0.3) is 0 Å². The van der Waals surface area contributed by atoms with Crippen LogP contribution in [-0.4, -0.2) is 46.3 Å². The lowest BCUT2D eigenvalue weighted by Gasteiger charge is -2.32. The number of aromatic amines is 1. The number of piperidine rings is 1. The Bertz CT molecular complexity index is 1150. The van der Waals surface area contributed by atoms with Crippen molar-refractivity contribution in [3.8, 4) is 5.75 Å². The number of nitrogens with one attached hydrogen (secondary N) is 1. The van der Waals surface area contributed by atoms with Crippen molar-refractivity contribution in [2.45, 2.75) is 32.2 Å². The van der Waals surface area contributed by atoms with Gasteiger partial charge in [0.2, 0.25) is 5.91 Å². The molecule has 3 aromatic rings. The minimum atomic E-state index is -0.105. The first-order chi connectivity index (χ1) is 14.5. The third-order valence-electron chi connectivity index (χ3n) is 5.83. The number of nitrogens with zero attached hydrogens (tertiary/aromatic N) is 2. The number of ether oxygens (including phenoxy) is 1. The number of amides is 1. The first-order valence-corrected chi connectivity index (χ1v) is 10.1. The summed E-state index contributed by atoms with van der Waals surface area (Å²) < 4.78 is 7.18. The molecule has 0 radical (unpaired) electrons. The number of rotatable bonds is 5. The maximum atomic E-state index is 12.9. The number of likely N-dealkylation sites (tertiary alicyclic amines) is 1. The fourth-order valence-electron chi connectivity index (χ4n) is 4.22. The van der Waals surface area contributed by atoms with Crippen LogP contribution in [0.2, 0.25) is 0 Å². The highest BCUT2D eigenvalue weighted by molar-refractivity contribution is 5.94. The molecular weight excluding hydrogens is 382 g/mol. The van der Waals surface area contributed by atoms with Gasteiger partial charge in [0.05, 0.1) is 24.6 Å². The topological polar surface area (TPSA) is 84.4 Å². The molecule has 0 spiro atoms. The van der Waals surface area contributed by atoms with E-state index < -0.39 is 0 Å². The Morgan fingerprint density at radius 2 is 1.87 bits per heavy atom. The average Bonchev–Trinajstić information content (AvgIpc) is 3.09. The van der Waals surface area contributed by atoms with Crippen LogP contribution in [-0.2, 0) is 11.2 Å². The fourth-order valence-corrected chi connectivity index (χ4v) is 4.22. The number of H-pyrrole nitrogens is 1. The minimum Gasteiger partial charge on any atom is -0.496 e. The molecule has 1 aromatic heterocycles. The minimum absolute atomic E-state index is 0.00118. The van der Waals surface area contributed by atoms with Gasteiger partial charge in [0.1, 0.15) is 5.75 Å². The molecule has 0 atom stereocenters. The predicted octanol–water partition coefficient (Wildman–Crippen LogP) is 2.95. The zero-order chi connectivity index (χ0) is 21.3. The van der Waals surface area contributed by atoms with Gasteiger partial charge < -0.3 is 14.6 Å². The highest BCUT2D eigenvalue weighted by Gasteiger charge is 2.26. The standard InChI is InChI=1S/C23H25N3O4/c1-15(27)16-7-8-21(30-2)17(13-16)14-22(28)25-11-9-18(10-12-25)26-20-6-4-3-5-19(20)24-23(26)29/h3-8,13,18H,9-12,14H2,1-2H3,(H,24,29). The number of para-hydroxylation sites is 2. The molecule has 0 bridgehead atoms. The second-order valence-corrected chi connectivity index (χ2v) is 7.69. The molecule has 1 amide bonds. The van der Waals surface area contributed by atoms with Crippen molar-refractivity contribution < 1.29 is 14.3 Å². The van der Waals surface area contributed by atoms with Gasteiger partial charge in [-0.25, -0.2) is 4.79 Å². The van der Waals surface area contributed by atoms with Crippen LogP contribution in [0.15, 0.2) is 47.3 Å². The SMILES string of the molecule is COc1ccc(C(C)=O)cc1CC(=O)N1CCC(n2c(=O)[nH]c3ccccc32)CC1. The van der Waals surface area contributed by atoms with E-state index in [1.54, 1.807) is 25.3 Å². The Hall–Kier alpha value is -3.35. The Morgan fingerprint density at radius 1 is 1.13 bits per heavy atom. The summed E-state index contributed by atoms with van der Waals surface area (Å²) in [5.74, 6) is 0.559. The summed E-state index contributed by atoms with van der Waals surface area (Å²) >= 11 is 0. The summed E-state index contributed by atoms with van der Waals surface area (Å²) in [6.45, 7) is 2.68. The highest BCUT2D eigenvalue weighted by atomic mass is 16.5. The summed E-state index contributed by atoms with van der Waals surface area (Å²) in [4.78, 5) is 41.8. The van der Waals surface area contributed by atoms with Gasteiger partial charge in [-0.05, 0) is 50.1 Å². The van der Waals surface area contributed by atoms with E-state index in [1.807, 2.05) is 33.7 Å².